The van der Waals surface area contributed by atoms with Crippen LogP contribution in [0.1, 0.15) is 50.7 Å². The topological polar surface area (TPSA) is 90.9 Å². The zero-order valence-electron chi connectivity index (χ0n) is 16.6. The maximum atomic E-state index is 12.8. The molecule has 2 N–H and O–H groups in total. The minimum atomic E-state index is -1.28. The van der Waals surface area contributed by atoms with Crippen LogP contribution in [0.3, 0.4) is 0 Å². The van der Waals surface area contributed by atoms with E-state index in [0.29, 0.717) is 17.1 Å². The van der Waals surface area contributed by atoms with Crippen LogP contribution in [0, 0.1) is 11.3 Å². The third-order valence-electron chi connectivity index (χ3n) is 5.91. The number of hydrogen-bond donors (Lipinski definition) is 2. The van der Waals surface area contributed by atoms with Gasteiger partial charge in [-0.1, -0.05) is 30.3 Å². The molecule has 0 unspecified atom stereocenters. The summed E-state index contributed by atoms with van der Waals surface area (Å²) in [5.41, 5.74) is 1.41. The van der Waals surface area contributed by atoms with Gasteiger partial charge in [-0.25, -0.2) is 4.98 Å². The van der Waals surface area contributed by atoms with Crippen molar-refractivity contribution in [3.05, 3.63) is 59.7 Å². The summed E-state index contributed by atoms with van der Waals surface area (Å²) < 4.78 is 2.04. The summed E-state index contributed by atoms with van der Waals surface area (Å²) in [5.74, 6) is 0.157. The van der Waals surface area contributed by atoms with Gasteiger partial charge < -0.3 is 9.67 Å². The van der Waals surface area contributed by atoms with Crippen molar-refractivity contribution < 1.29 is 9.90 Å². The second kappa shape index (κ2) is 7.02. The first kappa shape index (κ1) is 19.2. The largest absolute Gasteiger partial charge is 0.385 e. The Morgan fingerprint density at radius 1 is 1.31 bits per heavy atom. The summed E-state index contributed by atoms with van der Waals surface area (Å²) in [4.78, 5) is 17.4. The number of carbonyl (C=O) groups excluding carboxylic acids is 1. The lowest BCUT2D eigenvalue weighted by atomic mass is 9.78. The molecule has 1 aliphatic carbocycles. The normalized spacial score (nSPS) is 17.2. The zero-order chi connectivity index (χ0) is 20.6. The molecule has 0 spiro atoms. The van der Waals surface area contributed by atoms with E-state index in [9.17, 15) is 15.2 Å². The number of rotatable bonds is 5. The van der Waals surface area contributed by atoms with Gasteiger partial charge in [0.05, 0.1) is 34.7 Å². The zero-order valence-corrected chi connectivity index (χ0v) is 16.6. The quantitative estimate of drug-likeness (QED) is 0.690. The van der Waals surface area contributed by atoms with Gasteiger partial charge in [-0.05, 0) is 56.9 Å². The summed E-state index contributed by atoms with van der Waals surface area (Å²) in [6.45, 7) is 3.78. The smallest absolute Gasteiger partial charge is 0.229 e. The minimum Gasteiger partial charge on any atom is -0.385 e. The van der Waals surface area contributed by atoms with Crippen LogP contribution in [-0.4, -0.2) is 20.6 Å². The van der Waals surface area contributed by atoms with Crippen molar-refractivity contribution in [2.45, 2.75) is 50.7 Å². The van der Waals surface area contributed by atoms with E-state index in [0.717, 1.165) is 30.3 Å². The molecule has 1 saturated carbocycles. The van der Waals surface area contributed by atoms with Crippen LogP contribution < -0.4 is 5.32 Å². The Morgan fingerprint density at radius 3 is 2.66 bits per heavy atom. The highest BCUT2D eigenvalue weighted by molar-refractivity contribution is 5.92. The number of aliphatic hydroxyl groups is 1. The molecule has 6 nitrogen and oxygen atoms in total. The standard InChI is InChI=1S/C23H24N4O2/c1-22(11-6-12-22)27-19-13-16(15-24)9-10-18(19)25-21(27)26-20(28)14-23(2,29)17-7-4-3-5-8-17/h3-5,7-10,13,29H,6,11-12,14H2,1-2H3,(H,25,26,28)/t23-/m0/s1. The van der Waals surface area contributed by atoms with Crippen molar-refractivity contribution in [3.63, 3.8) is 0 Å². The minimum absolute atomic E-state index is 0.0830. The Hall–Kier alpha value is -3.17. The monoisotopic (exact) mass is 388 g/mol. The molecule has 0 bridgehead atoms. The van der Waals surface area contributed by atoms with Crippen molar-refractivity contribution >= 4 is 22.9 Å². The fraction of sp³-hybridized carbons (Fsp3) is 0.348. The van der Waals surface area contributed by atoms with Crippen molar-refractivity contribution in [1.82, 2.24) is 9.55 Å². The Balaban J connectivity index is 1.66. The van der Waals surface area contributed by atoms with Crippen molar-refractivity contribution in [2.24, 2.45) is 0 Å². The first-order valence-electron chi connectivity index (χ1n) is 9.83. The fourth-order valence-electron chi connectivity index (χ4n) is 4.07. The van der Waals surface area contributed by atoms with Gasteiger partial charge in [-0.15, -0.1) is 0 Å². The van der Waals surface area contributed by atoms with E-state index in [1.807, 2.05) is 34.9 Å². The number of benzene rings is 2. The van der Waals surface area contributed by atoms with Gasteiger partial charge in [0, 0.05) is 5.54 Å². The molecule has 1 aliphatic rings. The van der Waals surface area contributed by atoms with Gasteiger partial charge in [0.15, 0.2) is 0 Å². The summed E-state index contributed by atoms with van der Waals surface area (Å²) in [6, 6.07) is 16.7. The Morgan fingerprint density at radius 2 is 2.03 bits per heavy atom. The number of nitrogens with zero attached hydrogens (tertiary/aromatic N) is 3. The molecule has 6 heteroatoms. The number of aromatic nitrogens is 2. The molecule has 1 heterocycles. The number of fused-ring (bicyclic) bond motifs is 1. The molecule has 0 saturated heterocycles. The average Bonchev–Trinajstić information content (AvgIpc) is 3.03. The maximum absolute atomic E-state index is 12.8. The number of hydrogen-bond acceptors (Lipinski definition) is 4. The number of anilines is 1. The lowest BCUT2D eigenvalue weighted by Crippen LogP contribution is -2.38. The molecule has 1 fully saturated rings. The van der Waals surface area contributed by atoms with Crippen LogP contribution in [0.5, 0.6) is 0 Å². The predicted octanol–water partition coefficient (Wildman–Crippen LogP) is 4.04. The summed E-state index contributed by atoms with van der Waals surface area (Å²) in [7, 11) is 0. The molecule has 148 valence electrons. The second-order valence-electron chi connectivity index (χ2n) is 8.30. The summed E-state index contributed by atoms with van der Waals surface area (Å²) in [6.07, 6.45) is 3.00. The third kappa shape index (κ3) is 3.50. The molecule has 3 aromatic rings. The molecule has 2 aromatic carbocycles. The molecular weight excluding hydrogens is 364 g/mol. The summed E-state index contributed by atoms with van der Waals surface area (Å²) >= 11 is 0. The molecule has 1 atom stereocenters. The first-order chi connectivity index (χ1) is 13.8. The van der Waals surface area contributed by atoms with E-state index >= 15 is 0 Å². The number of nitrogens with one attached hydrogen (secondary N) is 1. The summed E-state index contributed by atoms with van der Waals surface area (Å²) in [5, 5.41) is 23.0. The SMILES string of the molecule is CC1(n2c(NC(=O)C[C@](C)(O)c3ccccc3)nc3ccc(C#N)cc32)CCC1. The van der Waals surface area contributed by atoms with Gasteiger partial charge in [-0.2, -0.15) is 5.26 Å². The molecule has 1 amide bonds. The van der Waals surface area contributed by atoms with Crippen molar-refractivity contribution in [1.29, 1.82) is 5.26 Å². The van der Waals surface area contributed by atoms with E-state index in [2.05, 4.69) is 23.3 Å². The van der Waals surface area contributed by atoms with Crippen LogP contribution in [0.2, 0.25) is 0 Å². The van der Waals surface area contributed by atoms with E-state index in [4.69, 9.17) is 0 Å². The lowest BCUT2D eigenvalue weighted by molar-refractivity contribution is -0.120. The highest BCUT2D eigenvalue weighted by atomic mass is 16.3. The van der Waals surface area contributed by atoms with Crippen LogP contribution in [-0.2, 0) is 15.9 Å². The van der Waals surface area contributed by atoms with E-state index in [-0.39, 0.29) is 17.9 Å². The van der Waals surface area contributed by atoms with E-state index in [1.54, 1.807) is 25.1 Å². The Kier molecular flexibility index (Phi) is 4.64. The van der Waals surface area contributed by atoms with E-state index < -0.39 is 5.60 Å². The average molecular weight is 388 g/mol. The molecule has 29 heavy (non-hydrogen) atoms. The third-order valence-corrected chi connectivity index (χ3v) is 5.91. The molecule has 4 rings (SSSR count). The van der Waals surface area contributed by atoms with Crippen molar-refractivity contribution in [2.75, 3.05) is 5.32 Å². The predicted molar refractivity (Wildman–Crippen MR) is 111 cm³/mol. The van der Waals surface area contributed by atoms with Crippen LogP contribution >= 0.6 is 0 Å². The van der Waals surface area contributed by atoms with Gasteiger partial charge in [0.25, 0.3) is 0 Å². The number of amides is 1. The highest BCUT2D eigenvalue weighted by Crippen LogP contribution is 2.43. The van der Waals surface area contributed by atoms with E-state index in [1.165, 1.54) is 0 Å². The Labute approximate surface area is 169 Å². The molecule has 0 radical (unpaired) electrons. The number of carbonyl (C=O) groups is 1. The van der Waals surface area contributed by atoms with Gasteiger partial charge in [-0.3, -0.25) is 10.1 Å². The molecule has 1 aromatic heterocycles. The first-order valence-corrected chi connectivity index (χ1v) is 9.83. The maximum Gasteiger partial charge on any atom is 0.229 e. The van der Waals surface area contributed by atoms with Gasteiger partial charge in [0.1, 0.15) is 0 Å². The van der Waals surface area contributed by atoms with Crippen molar-refractivity contribution in [3.8, 4) is 6.07 Å². The van der Waals surface area contributed by atoms with Gasteiger partial charge >= 0.3 is 0 Å². The van der Waals surface area contributed by atoms with Crippen LogP contribution in [0.4, 0.5) is 5.95 Å². The fourth-order valence-corrected chi connectivity index (χ4v) is 4.07. The molecule has 0 aliphatic heterocycles. The molecular formula is C23H24N4O2. The van der Waals surface area contributed by atoms with Crippen LogP contribution in [0.15, 0.2) is 48.5 Å². The van der Waals surface area contributed by atoms with Gasteiger partial charge in [0.2, 0.25) is 11.9 Å². The second-order valence-corrected chi connectivity index (χ2v) is 8.30. The Bertz CT molecular complexity index is 1110. The van der Waals surface area contributed by atoms with Crippen LogP contribution in [0.25, 0.3) is 11.0 Å². The lowest BCUT2D eigenvalue weighted by Gasteiger charge is -2.41. The number of nitriles is 1. The highest BCUT2D eigenvalue weighted by Gasteiger charge is 2.37. The number of imidazole rings is 1.